The average molecular weight is 585 g/mol. The van der Waals surface area contributed by atoms with Crippen molar-refractivity contribution in [2.75, 3.05) is 5.32 Å². The van der Waals surface area contributed by atoms with Crippen molar-refractivity contribution in [3.05, 3.63) is 59.8 Å². The van der Waals surface area contributed by atoms with Crippen LogP contribution in [0.3, 0.4) is 0 Å². The van der Waals surface area contributed by atoms with Gasteiger partial charge in [-0.15, -0.1) is 0 Å². The summed E-state index contributed by atoms with van der Waals surface area (Å²) in [5.41, 5.74) is 0.693. The maximum Gasteiger partial charge on any atom is 0.416 e. The molecule has 1 aromatic heterocycles. The van der Waals surface area contributed by atoms with Crippen molar-refractivity contribution in [2.24, 2.45) is 0 Å². The summed E-state index contributed by atoms with van der Waals surface area (Å²) in [6, 6.07) is 5.68. The lowest BCUT2D eigenvalue weighted by Crippen LogP contribution is -2.14. The van der Waals surface area contributed by atoms with Crippen LogP contribution in [-0.4, -0.2) is 9.97 Å². The van der Waals surface area contributed by atoms with Crippen LogP contribution in [0, 0.1) is 17.4 Å². The average Bonchev–Trinajstić information content (AvgIpc) is 2.60. The van der Waals surface area contributed by atoms with E-state index in [2.05, 4.69) is 53.8 Å². The normalized spacial score (nSPS) is 13.0. The van der Waals surface area contributed by atoms with Gasteiger partial charge in [-0.2, -0.15) is 13.2 Å². The van der Waals surface area contributed by atoms with Gasteiger partial charge in [0.2, 0.25) is 0 Å². The van der Waals surface area contributed by atoms with E-state index in [0.29, 0.717) is 33.1 Å². The Morgan fingerprint density at radius 1 is 1.21 bits per heavy atom. The van der Waals surface area contributed by atoms with Gasteiger partial charge in [-0.25, -0.2) is 9.97 Å². The highest BCUT2D eigenvalue weighted by Gasteiger charge is 2.33. The van der Waals surface area contributed by atoms with Crippen LogP contribution in [0.2, 0.25) is 5.02 Å². The highest BCUT2D eigenvalue weighted by Crippen LogP contribution is 2.38. The van der Waals surface area contributed by atoms with E-state index in [1.807, 2.05) is 6.07 Å². The largest absolute Gasteiger partial charge is 0.416 e. The molecule has 0 radical (unpaired) electrons. The molecule has 3 aromatic rings. The minimum atomic E-state index is -4.39. The minimum Gasteiger partial charge on any atom is -0.363 e. The Labute approximate surface area is 187 Å². The fraction of sp³-hybridized carbons (Fsp3) is 0.263. The van der Waals surface area contributed by atoms with Crippen LogP contribution >= 0.6 is 50.1 Å². The molecule has 3 rings (SSSR count). The summed E-state index contributed by atoms with van der Waals surface area (Å²) in [4.78, 5) is 8.87. The third-order valence-corrected chi connectivity index (χ3v) is 7.45. The van der Waals surface area contributed by atoms with E-state index in [-0.39, 0.29) is 5.56 Å². The number of aryl methyl sites for hydroxylation is 1. The summed E-state index contributed by atoms with van der Waals surface area (Å²) < 4.78 is 41.4. The number of halogens is 6. The first-order valence-corrected chi connectivity index (χ1v) is 10.5. The maximum atomic E-state index is 13.2. The zero-order valence-electron chi connectivity index (χ0n) is 15.0. The first-order chi connectivity index (χ1) is 13.0. The van der Waals surface area contributed by atoms with Crippen molar-refractivity contribution in [3.8, 4) is 0 Å². The van der Waals surface area contributed by atoms with Crippen LogP contribution in [0.4, 0.5) is 19.0 Å². The van der Waals surface area contributed by atoms with Crippen LogP contribution in [0.1, 0.15) is 35.5 Å². The van der Waals surface area contributed by atoms with E-state index in [1.165, 1.54) is 13.0 Å². The van der Waals surface area contributed by atoms with Crippen molar-refractivity contribution in [1.82, 2.24) is 9.97 Å². The number of nitrogens with one attached hydrogen (secondary N) is 1. The van der Waals surface area contributed by atoms with Crippen molar-refractivity contribution in [2.45, 2.75) is 33.0 Å². The summed E-state index contributed by atoms with van der Waals surface area (Å²) in [6.45, 7) is 5.03. The van der Waals surface area contributed by atoms with Crippen LogP contribution in [0.25, 0.3) is 10.9 Å². The molecule has 0 saturated heterocycles. The molecule has 1 N–H and O–H groups in total. The van der Waals surface area contributed by atoms with Crippen LogP contribution in [-0.2, 0) is 6.18 Å². The molecule has 0 aliphatic rings. The molecule has 9 heteroatoms. The highest BCUT2D eigenvalue weighted by molar-refractivity contribution is 14.1. The summed E-state index contributed by atoms with van der Waals surface area (Å²) in [7, 11) is 0. The minimum absolute atomic E-state index is 0.195. The van der Waals surface area contributed by atoms with E-state index in [4.69, 9.17) is 11.6 Å². The van der Waals surface area contributed by atoms with Gasteiger partial charge in [0, 0.05) is 8.96 Å². The molecule has 2 aromatic carbocycles. The number of alkyl halides is 3. The molecule has 28 heavy (non-hydrogen) atoms. The molecule has 0 aliphatic heterocycles. The summed E-state index contributed by atoms with van der Waals surface area (Å²) in [5, 5.41) is 4.42. The Hall–Kier alpha value is -1.13. The molecule has 1 unspecified atom stereocenters. The highest BCUT2D eigenvalue weighted by atomic mass is 127. The smallest absolute Gasteiger partial charge is 0.363 e. The fourth-order valence-corrected chi connectivity index (χ4v) is 4.40. The Bertz CT molecular complexity index is 1070. The molecule has 0 spiro atoms. The number of benzene rings is 2. The second-order valence-electron chi connectivity index (χ2n) is 6.39. The third-order valence-electron chi connectivity index (χ3n) is 4.44. The molecular formula is C19H15BrClF3IN3. The zero-order valence-corrected chi connectivity index (χ0v) is 19.5. The van der Waals surface area contributed by atoms with E-state index >= 15 is 0 Å². The SMILES string of the molecule is Cc1nc(NC(C)c2cccc(C(F)(F)F)c2C)c2cc(I)c(Br)c(Cl)c2n1. The van der Waals surface area contributed by atoms with Crippen LogP contribution in [0.15, 0.2) is 28.7 Å². The van der Waals surface area contributed by atoms with Crippen molar-refractivity contribution >= 4 is 66.8 Å². The monoisotopic (exact) mass is 583 g/mol. The number of aromatic nitrogens is 2. The van der Waals surface area contributed by atoms with Gasteiger partial charge in [0.25, 0.3) is 0 Å². The fourth-order valence-electron chi connectivity index (χ4n) is 3.11. The summed E-state index contributed by atoms with van der Waals surface area (Å²) in [6.07, 6.45) is -4.39. The van der Waals surface area contributed by atoms with E-state index < -0.39 is 17.8 Å². The number of fused-ring (bicyclic) bond motifs is 1. The van der Waals surface area contributed by atoms with Gasteiger partial charge in [-0.3, -0.25) is 0 Å². The molecule has 0 amide bonds. The van der Waals surface area contributed by atoms with Crippen molar-refractivity contribution in [1.29, 1.82) is 0 Å². The van der Waals surface area contributed by atoms with Crippen LogP contribution < -0.4 is 5.32 Å². The molecule has 1 atom stereocenters. The quantitative estimate of drug-likeness (QED) is 0.257. The number of rotatable bonds is 3. The first-order valence-electron chi connectivity index (χ1n) is 8.25. The van der Waals surface area contributed by atoms with E-state index in [0.717, 1.165) is 14.1 Å². The number of hydrogen-bond donors (Lipinski definition) is 1. The van der Waals surface area contributed by atoms with Gasteiger partial charge in [0.1, 0.15) is 11.6 Å². The van der Waals surface area contributed by atoms with Gasteiger partial charge in [0.15, 0.2) is 0 Å². The van der Waals surface area contributed by atoms with Gasteiger partial charge in [-0.05, 0) is 82.6 Å². The molecule has 0 fully saturated rings. The number of nitrogens with zero attached hydrogens (tertiary/aromatic N) is 2. The number of anilines is 1. The first kappa shape index (κ1) is 21.6. The van der Waals surface area contributed by atoms with E-state index in [1.54, 1.807) is 19.9 Å². The Morgan fingerprint density at radius 3 is 2.54 bits per heavy atom. The van der Waals surface area contributed by atoms with Crippen LogP contribution in [0.5, 0.6) is 0 Å². The van der Waals surface area contributed by atoms with Gasteiger partial charge >= 0.3 is 6.18 Å². The molecule has 3 nitrogen and oxygen atoms in total. The molecule has 1 heterocycles. The maximum absolute atomic E-state index is 13.2. The van der Waals surface area contributed by atoms with Gasteiger partial charge in [-0.1, -0.05) is 23.7 Å². The molecule has 0 bridgehead atoms. The van der Waals surface area contributed by atoms with Gasteiger partial charge < -0.3 is 5.32 Å². The summed E-state index contributed by atoms with van der Waals surface area (Å²) >= 11 is 12.0. The second kappa shape index (κ2) is 7.95. The standard InChI is InChI=1S/C19H15BrClF3IN3/c1-8-11(5-4-6-13(8)19(22,23)24)9(2)26-18-12-7-14(25)15(20)16(21)17(12)27-10(3)28-18/h4-7,9H,1-3H3,(H,26,27,28). The Morgan fingerprint density at radius 2 is 1.89 bits per heavy atom. The third kappa shape index (κ3) is 4.09. The molecule has 0 saturated carbocycles. The Balaban J connectivity index is 2.09. The molecule has 0 aliphatic carbocycles. The van der Waals surface area contributed by atoms with E-state index in [9.17, 15) is 13.2 Å². The topological polar surface area (TPSA) is 37.8 Å². The predicted molar refractivity (Wildman–Crippen MR) is 118 cm³/mol. The lowest BCUT2D eigenvalue weighted by molar-refractivity contribution is -0.138. The van der Waals surface area contributed by atoms with Gasteiger partial charge in [0.05, 0.1) is 26.6 Å². The lowest BCUT2D eigenvalue weighted by atomic mass is 9.97. The van der Waals surface area contributed by atoms with Crippen molar-refractivity contribution in [3.63, 3.8) is 0 Å². The Kier molecular flexibility index (Phi) is 6.12. The second-order valence-corrected chi connectivity index (χ2v) is 8.72. The number of hydrogen-bond acceptors (Lipinski definition) is 3. The zero-order chi connectivity index (χ0) is 20.8. The predicted octanol–water partition coefficient (Wildman–Crippen LogP) is 7.46. The lowest BCUT2D eigenvalue weighted by Gasteiger charge is -2.21. The molecular weight excluding hydrogens is 569 g/mol. The summed E-state index contributed by atoms with van der Waals surface area (Å²) in [5.74, 6) is 1.04. The van der Waals surface area contributed by atoms with Crippen molar-refractivity contribution < 1.29 is 13.2 Å². The molecule has 148 valence electrons.